The maximum Gasteiger partial charge on any atom is 0.410 e. The lowest BCUT2D eigenvalue weighted by molar-refractivity contribution is 0.0224. The summed E-state index contributed by atoms with van der Waals surface area (Å²) >= 11 is 0. The Hall–Kier alpha value is -3.81. The number of nitrogens with zero attached hydrogens (tertiary/aromatic N) is 4. The van der Waals surface area contributed by atoms with Gasteiger partial charge in [0.15, 0.2) is 0 Å². The average molecular weight is 446 g/mol. The van der Waals surface area contributed by atoms with Crippen LogP contribution in [0.25, 0.3) is 22.2 Å². The molecule has 0 bridgehead atoms. The topological polar surface area (TPSA) is 85.3 Å². The number of fused-ring (bicyclic) bond motifs is 2. The molecule has 0 unspecified atom stereocenters. The highest BCUT2D eigenvalue weighted by Crippen LogP contribution is 2.37. The maximum absolute atomic E-state index is 12.5. The number of carbonyl (C=O) groups is 1. The van der Waals surface area contributed by atoms with Gasteiger partial charge in [-0.25, -0.2) is 9.78 Å². The third-order valence-corrected chi connectivity index (χ3v) is 5.62. The van der Waals surface area contributed by atoms with Crippen LogP contribution in [0.3, 0.4) is 0 Å². The molecule has 8 heteroatoms. The fourth-order valence-electron chi connectivity index (χ4n) is 4.11. The number of benzene rings is 1. The highest BCUT2D eigenvalue weighted by atomic mass is 16.6. The van der Waals surface area contributed by atoms with E-state index >= 15 is 0 Å². The Morgan fingerprint density at radius 3 is 2.79 bits per heavy atom. The SMILES string of the molecule is Cn1cc(-c2c[nH]c3nccc(Oc4ccc5c(c4)CN(C(=O)OC(C)(C)C)CC5)c23)cn1. The van der Waals surface area contributed by atoms with Crippen LogP contribution in [0, 0.1) is 0 Å². The lowest BCUT2D eigenvalue weighted by Gasteiger charge is -2.31. The van der Waals surface area contributed by atoms with Crippen LogP contribution in [0.5, 0.6) is 11.5 Å². The van der Waals surface area contributed by atoms with E-state index in [2.05, 4.69) is 21.1 Å². The lowest BCUT2D eigenvalue weighted by Crippen LogP contribution is -2.39. The molecule has 0 aliphatic carbocycles. The highest BCUT2D eigenvalue weighted by Gasteiger charge is 2.26. The van der Waals surface area contributed by atoms with E-state index in [0.717, 1.165) is 34.1 Å². The normalized spacial score (nSPS) is 13.8. The summed E-state index contributed by atoms with van der Waals surface area (Å²) in [5.41, 5.74) is 4.49. The van der Waals surface area contributed by atoms with Gasteiger partial charge in [-0.05, 0) is 56.5 Å². The number of pyridine rings is 1. The molecular weight excluding hydrogens is 418 g/mol. The summed E-state index contributed by atoms with van der Waals surface area (Å²) in [6.45, 7) is 6.78. The van der Waals surface area contributed by atoms with Crippen molar-refractivity contribution in [2.45, 2.75) is 39.3 Å². The van der Waals surface area contributed by atoms with E-state index < -0.39 is 5.60 Å². The number of rotatable bonds is 3. The van der Waals surface area contributed by atoms with Crippen LogP contribution < -0.4 is 4.74 Å². The molecule has 8 nitrogen and oxygen atoms in total. The van der Waals surface area contributed by atoms with Crippen molar-refractivity contribution in [1.82, 2.24) is 24.6 Å². The molecule has 1 amide bonds. The van der Waals surface area contributed by atoms with Gasteiger partial charge < -0.3 is 19.4 Å². The van der Waals surface area contributed by atoms with Crippen molar-refractivity contribution in [3.8, 4) is 22.6 Å². The smallest absolute Gasteiger partial charge is 0.410 e. The van der Waals surface area contributed by atoms with Crippen molar-refractivity contribution in [3.63, 3.8) is 0 Å². The number of amides is 1. The van der Waals surface area contributed by atoms with Crippen LogP contribution in [0.4, 0.5) is 4.79 Å². The Balaban J connectivity index is 1.43. The second-order valence-corrected chi connectivity index (χ2v) is 9.32. The van der Waals surface area contributed by atoms with Gasteiger partial charge in [-0.2, -0.15) is 5.10 Å². The van der Waals surface area contributed by atoms with E-state index in [0.29, 0.717) is 24.6 Å². The molecule has 1 aromatic carbocycles. The van der Waals surface area contributed by atoms with Gasteiger partial charge in [-0.3, -0.25) is 4.68 Å². The summed E-state index contributed by atoms with van der Waals surface area (Å²) in [6, 6.07) is 7.93. The van der Waals surface area contributed by atoms with E-state index in [1.165, 1.54) is 5.56 Å². The summed E-state index contributed by atoms with van der Waals surface area (Å²) in [5, 5.41) is 5.19. The molecule has 3 aromatic heterocycles. The van der Waals surface area contributed by atoms with Gasteiger partial charge in [0.2, 0.25) is 0 Å². The number of aromatic nitrogens is 4. The number of aryl methyl sites for hydroxylation is 1. The molecule has 0 saturated carbocycles. The molecule has 170 valence electrons. The minimum atomic E-state index is -0.516. The number of carbonyl (C=O) groups excluding carboxylic acids is 1. The van der Waals surface area contributed by atoms with Gasteiger partial charge >= 0.3 is 6.09 Å². The van der Waals surface area contributed by atoms with Crippen LogP contribution in [0.15, 0.2) is 49.1 Å². The summed E-state index contributed by atoms with van der Waals surface area (Å²) in [7, 11) is 1.89. The second kappa shape index (κ2) is 7.95. The molecule has 0 spiro atoms. The van der Waals surface area contributed by atoms with E-state index in [9.17, 15) is 4.79 Å². The monoisotopic (exact) mass is 445 g/mol. The molecule has 33 heavy (non-hydrogen) atoms. The summed E-state index contributed by atoms with van der Waals surface area (Å²) in [6.07, 6.45) is 7.94. The van der Waals surface area contributed by atoms with Crippen LogP contribution in [-0.2, 0) is 24.8 Å². The number of ether oxygens (including phenoxy) is 2. The van der Waals surface area contributed by atoms with Gasteiger partial charge in [-0.1, -0.05) is 6.07 Å². The fraction of sp³-hybridized carbons (Fsp3) is 0.320. The second-order valence-electron chi connectivity index (χ2n) is 9.32. The van der Waals surface area contributed by atoms with E-state index in [1.807, 2.05) is 64.6 Å². The van der Waals surface area contributed by atoms with Gasteiger partial charge in [0.05, 0.1) is 11.6 Å². The van der Waals surface area contributed by atoms with Crippen molar-refractivity contribution < 1.29 is 14.3 Å². The maximum atomic E-state index is 12.5. The number of hydrogen-bond acceptors (Lipinski definition) is 5. The number of H-pyrrole nitrogens is 1. The molecule has 1 aliphatic heterocycles. The van der Waals surface area contributed by atoms with Gasteiger partial charge in [0.25, 0.3) is 0 Å². The summed E-state index contributed by atoms with van der Waals surface area (Å²) < 4.78 is 13.7. The van der Waals surface area contributed by atoms with Crippen molar-refractivity contribution in [3.05, 3.63) is 60.2 Å². The number of aromatic amines is 1. The van der Waals surface area contributed by atoms with Gasteiger partial charge in [0, 0.05) is 49.9 Å². The minimum Gasteiger partial charge on any atom is -0.457 e. The molecule has 0 radical (unpaired) electrons. The first-order valence-corrected chi connectivity index (χ1v) is 11.0. The van der Waals surface area contributed by atoms with Crippen LogP contribution >= 0.6 is 0 Å². The standard InChI is InChI=1S/C25H27N5O3/c1-25(2,3)33-24(31)30-10-8-16-5-6-19(11-17(16)15-30)32-21-7-9-26-23-22(21)20(13-27-23)18-12-28-29(4)14-18/h5-7,9,11-14H,8,10,15H2,1-4H3,(H,26,27). The lowest BCUT2D eigenvalue weighted by atomic mass is 10.00. The molecule has 0 fully saturated rings. The predicted molar refractivity (Wildman–Crippen MR) is 125 cm³/mol. The van der Waals surface area contributed by atoms with Crippen molar-refractivity contribution >= 4 is 17.1 Å². The third kappa shape index (κ3) is 4.28. The first-order valence-electron chi connectivity index (χ1n) is 11.0. The molecule has 4 heterocycles. The van der Waals surface area contributed by atoms with Crippen molar-refractivity contribution in [2.24, 2.45) is 7.05 Å². The quantitative estimate of drug-likeness (QED) is 0.477. The summed E-state index contributed by atoms with van der Waals surface area (Å²) in [4.78, 5) is 22.0. The molecular formula is C25H27N5O3. The largest absolute Gasteiger partial charge is 0.457 e. The Kier molecular flexibility index (Phi) is 5.08. The fourth-order valence-corrected chi connectivity index (χ4v) is 4.11. The number of hydrogen-bond donors (Lipinski definition) is 1. The number of nitrogens with one attached hydrogen (secondary N) is 1. The predicted octanol–water partition coefficient (Wildman–Crippen LogP) is 5.05. The Labute approximate surface area is 192 Å². The van der Waals surface area contributed by atoms with Crippen molar-refractivity contribution in [2.75, 3.05) is 6.54 Å². The zero-order valence-electron chi connectivity index (χ0n) is 19.3. The van der Waals surface area contributed by atoms with E-state index in [4.69, 9.17) is 9.47 Å². The molecule has 5 rings (SSSR count). The Morgan fingerprint density at radius 1 is 1.18 bits per heavy atom. The van der Waals surface area contributed by atoms with E-state index in [1.54, 1.807) is 15.8 Å². The van der Waals surface area contributed by atoms with E-state index in [-0.39, 0.29) is 6.09 Å². The zero-order chi connectivity index (χ0) is 23.2. The zero-order valence-corrected chi connectivity index (χ0v) is 19.3. The minimum absolute atomic E-state index is 0.288. The van der Waals surface area contributed by atoms with Crippen molar-refractivity contribution in [1.29, 1.82) is 0 Å². The first-order chi connectivity index (χ1) is 15.8. The van der Waals surface area contributed by atoms with Gasteiger partial charge in [-0.15, -0.1) is 0 Å². The average Bonchev–Trinajstić information content (AvgIpc) is 3.38. The molecule has 0 atom stereocenters. The van der Waals surface area contributed by atoms with Crippen LogP contribution in [0.2, 0.25) is 0 Å². The molecule has 0 saturated heterocycles. The third-order valence-electron chi connectivity index (χ3n) is 5.62. The van der Waals surface area contributed by atoms with Crippen LogP contribution in [0.1, 0.15) is 31.9 Å². The van der Waals surface area contributed by atoms with Gasteiger partial charge in [0.1, 0.15) is 22.7 Å². The molecule has 1 N–H and O–H groups in total. The summed E-state index contributed by atoms with van der Waals surface area (Å²) in [5.74, 6) is 1.42. The van der Waals surface area contributed by atoms with Crippen LogP contribution in [-0.4, -0.2) is 42.9 Å². The Bertz CT molecular complexity index is 1330. The first kappa shape index (κ1) is 21.1. The molecule has 4 aromatic rings. The molecule has 1 aliphatic rings. The highest BCUT2D eigenvalue weighted by molar-refractivity contribution is 5.98. The Morgan fingerprint density at radius 2 is 2.03 bits per heavy atom.